The van der Waals surface area contributed by atoms with Crippen LogP contribution in [0.3, 0.4) is 0 Å². The molecule has 1 rings (SSSR count). The van der Waals surface area contributed by atoms with Crippen molar-refractivity contribution in [3.63, 3.8) is 0 Å². The van der Waals surface area contributed by atoms with E-state index in [-0.39, 0.29) is 18.4 Å². The zero-order chi connectivity index (χ0) is 10.4. The van der Waals surface area contributed by atoms with Gasteiger partial charge in [0, 0.05) is 12.5 Å². The average Bonchev–Trinajstić information content (AvgIpc) is 2.18. The Bertz CT molecular complexity index is 285. The molecule has 0 aliphatic rings. The zero-order valence-corrected chi connectivity index (χ0v) is 8.02. The van der Waals surface area contributed by atoms with E-state index in [9.17, 15) is 4.79 Å². The molecule has 0 saturated heterocycles. The maximum atomic E-state index is 11.0. The highest BCUT2D eigenvalue weighted by atomic mass is 16.3. The Labute approximate surface area is 83.6 Å². The van der Waals surface area contributed by atoms with Gasteiger partial charge in [-0.2, -0.15) is 0 Å². The van der Waals surface area contributed by atoms with E-state index < -0.39 is 0 Å². The van der Waals surface area contributed by atoms with Gasteiger partial charge in [-0.05, 0) is 18.4 Å². The van der Waals surface area contributed by atoms with Gasteiger partial charge >= 0.3 is 0 Å². The Hall–Kier alpha value is -1.35. The summed E-state index contributed by atoms with van der Waals surface area (Å²) < 4.78 is 0. The molecule has 76 valence electrons. The van der Waals surface area contributed by atoms with Gasteiger partial charge in [-0.1, -0.05) is 30.3 Å². The molecule has 0 aromatic heterocycles. The normalized spacial score (nSPS) is 12.4. The molecule has 0 radical (unpaired) electrons. The molecular formula is C11H15NO2. The summed E-state index contributed by atoms with van der Waals surface area (Å²) in [6.07, 6.45) is 1.04. The summed E-state index contributed by atoms with van der Waals surface area (Å²) in [4.78, 5) is 11.0. The minimum Gasteiger partial charge on any atom is -0.396 e. The fraction of sp³-hybridized carbons (Fsp3) is 0.364. The molecule has 0 fully saturated rings. The minimum atomic E-state index is -0.345. The van der Waals surface area contributed by atoms with Crippen LogP contribution in [0.25, 0.3) is 0 Å². The van der Waals surface area contributed by atoms with Crippen LogP contribution in [0.5, 0.6) is 0 Å². The fourth-order valence-electron chi connectivity index (χ4n) is 1.40. The van der Waals surface area contributed by atoms with Crippen molar-refractivity contribution in [2.24, 2.45) is 11.7 Å². The molecule has 1 aromatic carbocycles. The van der Waals surface area contributed by atoms with E-state index in [2.05, 4.69) is 0 Å². The smallest absolute Gasteiger partial charge is 0.220 e. The summed E-state index contributed by atoms with van der Waals surface area (Å²) in [5.41, 5.74) is 6.29. The molecule has 0 heterocycles. The number of hydrogen-bond donors (Lipinski definition) is 2. The van der Waals surface area contributed by atoms with Crippen LogP contribution in [0.1, 0.15) is 12.0 Å². The number of primary amides is 1. The molecule has 3 N–H and O–H groups in total. The lowest BCUT2D eigenvalue weighted by atomic mass is 9.96. The Morgan fingerprint density at radius 2 is 2.00 bits per heavy atom. The van der Waals surface area contributed by atoms with Crippen molar-refractivity contribution in [3.8, 4) is 0 Å². The molecule has 0 unspecified atom stereocenters. The maximum absolute atomic E-state index is 11.0. The average molecular weight is 193 g/mol. The molecule has 1 atom stereocenters. The van der Waals surface area contributed by atoms with Crippen LogP contribution in [0, 0.1) is 5.92 Å². The van der Waals surface area contributed by atoms with Gasteiger partial charge in [-0.3, -0.25) is 4.79 Å². The van der Waals surface area contributed by atoms with Crippen LogP contribution < -0.4 is 5.73 Å². The number of benzene rings is 1. The molecule has 3 nitrogen and oxygen atoms in total. The van der Waals surface area contributed by atoms with Crippen LogP contribution in [-0.4, -0.2) is 17.6 Å². The third-order valence-corrected chi connectivity index (χ3v) is 2.20. The van der Waals surface area contributed by atoms with Crippen molar-refractivity contribution in [2.75, 3.05) is 6.61 Å². The van der Waals surface area contributed by atoms with Crippen molar-refractivity contribution in [1.82, 2.24) is 0 Å². The second-order valence-electron chi connectivity index (χ2n) is 3.30. The number of aliphatic hydroxyl groups excluding tert-OH is 1. The second kappa shape index (κ2) is 5.40. The standard InChI is InChI=1S/C11H15NO2/c12-11(14)10(6-7-13)8-9-4-2-1-3-5-9/h1-5,10,13H,6-8H2,(H2,12,14)/t10-/m0/s1. The molecule has 0 aliphatic carbocycles. The summed E-state index contributed by atoms with van der Waals surface area (Å²) >= 11 is 0. The highest BCUT2D eigenvalue weighted by molar-refractivity contribution is 5.76. The van der Waals surface area contributed by atoms with E-state index in [1.807, 2.05) is 30.3 Å². The van der Waals surface area contributed by atoms with Gasteiger partial charge in [0.2, 0.25) is 5.91 Å². The molecule has 0 saturated carbocycles. The minimum absolute atomic E-state index is 0.000437. The summed E-state index contributed by atoms with van der Waals surface area (Å²) in [6, 6.07) is 9.67. The predicted octanol–water partition coefficient (Wildman–Crippen LogP) is 0.713. The summed E-state index contributed by atoms with van der Waals surface area (Å²) in [6.45, 7) is 0.000437. The maximum Gasteiger partial charge on any atom is 0.220 e. The molecular weight excluding hydrogens is 178 g/mol. The molecule has 0 bridgehead atoms. The molecule has 0 spiro atoms. The zero-order valence-electron chi connectivity index (χ0n) is 8.02. The number of amides is 1. The highest BCUT2D eigenvalue weighted by Gasteiger charge is 2.14. The van der Waals surface area contributed by atoms with Crippen LogP contribution in [0.4, 0.5) is 0 Å². The highest BCUT2D eigenvalue weighted by Crippen LogP contribution is 2.11. The number of nitrogens with two attached hydrogens (primary N) is 1. The van der Waals surface area contributed by atoms with Gasteiger partial charge in [-0.25, -0.2) is 0 Å². The van der Waals surface area contributed by atoms with Crippen LogP contribution in [0.2, 0.25) is 0 Å². The summed E-state index contributed by atoms with van der Waals surface area (Å²) in [7, 11) is 0. The van der Waals surface area contributed by atoms with Crippen LogP contribution in [-0.2, 0) is 11.2 Å². The third kappa shape index (κ3) is 3.18. The van der Waals surface area contributed by atoms with E-state index in [1.165, 1.54) is 0 Å². The van der Waals surface area contributed by atoms with Crippen LogP contribution >= 0.6 is 0 Å². The van der Waals surface area contributed by atoms with Crippen molar-refractivity contribution >= 4 is 5.91 Å². The van der Waals surface area contributed by atoms with Gasteiger partial charge < -0.3 is 10.8 Å². The number of rotatable bonds is 5. The van der Waals surface area contributed by atoms with Gasteiger partial charge in [0.15, 0.2) is 0 Å². The number of carbonyl (C=O) groups excluding carboxylic acids is 1. The first-order chi connectivity index (χ1) is 6.74. The first kappa shape index (κ1) is 10.7. The van der Waals surface area contributed by atoms with Gasteiger partial charge in [0.25, 0.3) is 0 Å². The largest absolute Gasteiger partial charge is 0.396 e. The lowest BCUT2D eigenvalue weighted by Crippen LogP contribution is -2.26. The lowest BCUT2D eigenvalue weighted by Gasteiger charge is -2.11. The monoisotopic (exact) mass is 193 g/mol. The summed E-state index contributed by atoms with van der Waals surface area (Å²) in [5.74, 6) is -0.606. The fourth-order valence-corrected chi connectivity index (χ4v) is 1.40. The molecule has 0 aliphatic heterocycles. The molecule has 1 aromatic rings. The SMILES string of the molecule is NC(=O)[C@@H](CCO)Cc1ccccc1. The molecule has 3 heteroatoms. The Morgan fingerprint density at radius 3 is 2.50 bits per heavy atom. The van der Waals surface area contributed by atoms with Gasteiger partial charge in [0.05, 0.1) is 0 Å². The Balaban J connectivity index is 2.60. The van der Waals surface area contributed by atoms with E-state index in [1.54, 1.807) is 0 Å². The number of hydrogen-bond acceptors (Lipinski definition) is 2. The van der Waals surface area contributed by atoms with Crippen LogP contribution in [0.15, 0.2) is 30.3 Å². The topological polar surface area (TPSA) is 63.3 Å². The van der Waals surface area contributed by atoms with Crippen molar-refractivity contribution in [1.29, 1.82) is 0 Å². The first-order valence-corrected chi connectivity index (χ1v) is 4.68. The van der Waals surface area contributed by atoms with E-state index >= 15 is 0 Å². The number of carbonyl (C=O) groups is 1. The third-order valence-electron chi connectivity index (χ3n) is 2.20. The van der Waals surface area contributed by atoms with E-state index in [4.69, 9.17) is 10.8 Å². The second-order valence-corrected chi connectivity index (χ2v) is 3.30. The van der Waals surface area contributed by atoms with Gasteiger partial charge in [0.1, 0.15) is 0 Å². The predicted molar refractivity (Wildman–Crippen MR) is 54.5 cm³/mol. The van der Waals surface area contributed by atoms with Crippen molar-refractivity contribution in [3.05, 3.63) is 35.9 Å². The lowest BCUT2D eigenvalue weighted by molar-refractivity contribution is -0.122. The Morgan fingerprint density at radius 1 is 1.36 bits per heavy atom. The molecule has 1 amide bonds. The first-order valence-electron chi connectivity index (χ1n) is 4.68. The van der Waals surface area contributed by atoms with Crippen molar-refractivity contribution < 1.29 is 9.90 Å². The van der Waals surface area contributed by atoms with E-state index in [0.29, 0.717) is 12.8 Å². The summed E-state index contributed by atoms with van der Waals surface area (Å²) in [5, 5.41) is 8.76. The molecule has 14 heavy (non-hydrogen) atoms. The Kier molecular flexibility index (Phi) is 4.13. The van der Waals surface area contributed by atoms with Crippen molar-refractivity contribution in [2.45, 2.75) is 12.8 Å². The van der Waals surface area contributed by atoms with E-state index in [0.717, 1.165) is 5.56 Å². The number of aliphatic hydroxyl groups is 1. The van der Waals surface area contributed by atoms with Gasteiger partial charge in [-0.15, -0.1) is 0 Å². The quantitative estimate of drug-likeness (QED) is 0.723.